The van der Waals surface area contributed by atoms with Crippen molar-refractivity contribution in [2.75, 3.05) is 12.1 Å². The molecule has 0 bridgehead atoms. The van der Waals surface area contributed by atoms with Gasteiger partial charge < -0.3 is 9.57 Å². The van der Waals surface area contributed by atoms with Crippen LogP contribution in [0.4, 0.5) is 5.69 Å². The number of ether oxygens (including phenoxy) is 1. The molecule has 5 nitrogen and oxygen atoms in total. The molecule has 1 aromatic carbocycles. The number of nitrogens with one attached hydrogen (secondary N) is 1. The van der Waals surface area contributed by atoms with Gasteiger partial charge in [-0.2, -0.15) is 5.26 Å². The maximum Gasteiger partial charge on any atom is 0.376 e. The summed E-state index contributed by atoms with van der Waals surface area (Å²) < 4.78 is 4.89. The van der Waals surface area contributed by atoms with Crippen molar-refractivity contribution in [3.05, 3.63) is 40.6 Å². The molecule has 21 heavy (non-hydrogen) atoms. The summed E-state index contributed by atoms with van der Waals surface area (Å²) in [5.41, 5.74) is 3.76. The standard InChI is InChI=1S/C15H17ClN2O3/c1-4-20-9-11(8-17)15(19)21-18-12-5-6-13(10(2)3)14(16)7-12/h5-7,9-10,18H,4H2,1-3H3. The van der Waals surface area contributed by atoms with Crippen molar-refractivity contribution >= 4 is 23.3 Å². The highest BCUT2D eigenvalue weighted by molar-refractivity contribution is 6.31. The summed E-state index contributed by atoms with van der Waals surface area (Å²) in [4.78, 5) is 16.4. The zero-order chi connectivity index (χ0) is 15.8. The Kier molecular flexibility index (Phi) is 6.57. The Bertz CT molecular complexity index is 577. The lowest BCUT2D eigenvalue weighted by Gasteiger charge is -2.11. The largest absolute Gasteiger partial charge is 0.500 e. The van der Waals surface area contributed by atoms with Gasteiger partial charge in [0.15, 0.2) is 5.57 Å². The van der Waals surface area contributed by atoms with Crippen molar-refractivity contribution < 1.29 is 14.4 Å². The zero-order valence-corrected chi connectivity index (χ0v) is 12.9. The van der Waals surface area contributed by atoms with E-state index in [4.69, 9.17) is 26.4 Å². The van der Waals surface area contributed by atoms with Crippen LogP contribution < -0.4 is 5.48 Å². The molecule has 0 saturated heterocycles. The average molecular weight is 309 g/mol. The Morgan fingerprint density at radius 3 is 2.76 bits per heavy atom. The molecule has 1 aromatic rings. The lowest BCUT2D eigenvalue weighted by molar-refractivity contribution is -0.135. The van der Waals surface area contributed by atoms with Crippen LogP contribution in [0.2, 0.25) is 5.02 Å². The molecule has 0 saturated carbocycles. The molecular weight excluding hydrogens is 292 g/mol. The summed E-state index contributed by atoms with van der Waals surface area (Å²) in [7, 11) is 0. The highest BCUT2D eigenvalue weighted by Gasteiger charge is 2.12. The summed E-state index contributed by atoms with van der Waals surface area (Å²) in [6.45, 7) is 6.17. The van der Waals surface area contributed by atoms with E-state index in [9.17, 15) is 4.79 Å². The van der Waals surface area contributed by atoms with Gasteiger partial charge in [-0.15, -0.1) is 0 Å². The minimum Gasteiger partial charge on any atom is -0.500 e. The van der Waals surface area contributed by atoms with Gasteiger partial charge in [0.25, 0.3) is 0 Å². The number of carbonyl (C=O) groups is 1. The zero-order valence-electron chi connectivity index (χ0n) is 12.1. The normalized spacial score (nSPS) is 11.0. The molecule has 0 unspecified atom stereocenters. The molecule has 1 N–H and O–H groups in total. The fourth-order valence-corrected chi connectivity index (χ4v) is 1.90. The molecule has 0 spiro atoms. The minimum absolute atomic E-state index is 0.228. The Labute approximate surface area is 129 Å². The second-order valence-electron chi connectivity index (χ2n) is 4.48. The maximum absolute atomic E-state index is 11.6. The first-order chi connectivity index (χ1) is 9.99. The van der Waals surface area contributed by atoms with E-state index in [2.05, 4.69) is 5.48 Å². The van der Waals surface area contributed by atoms with Gasteiger partial charge in [-0.25, -0.2) is 10.3 Å². The summed E-state index contributed by atoms with van der Waals surface area (Å²) in [6, 6.07) is 6.95. The Morgan fingerprint density at radius 1 is 1.52 bits per heavy atom. The van der Waals surface area contributed by atoms with Gasteiger partial charge in [-0.1, -0.05) is 31.5 Å². The first-order valence-electron chi connectivity index (χ1n) is 6.48. The molecule has 0 aliphatic heterocycles. The number of nitriles is 1. The number of carbonyl (C=O) groups excluding carboxylic acids is 1. The van der Waals surface area contributed by atoms with E-state index < -0.39 is 5.97 Å². The average Bonchev–Trinajstić information content (AvgIpc) is 2.45. The summed E-state index contributed by atoms with van der Waals surface area (Å²) in [5, 5.41) is 9.39. The van der Waals surface area contributed by atoms with Gasteiger partial charge in [-0.3, -0.25) is 0 Å². The second kappa shape index (κ2) is 8.18. The second-order valence-corrected chi connectivity index (χ2v) is 4.89. The van der Waals surface area contributed by atoms with Crippen LogP contribution in [0.15, 0.2) is 30.0 Å². The molecule has 6 heteroatoms. The predicted octanol–water partition coefficient (Wildman–Crippen LogP) is 3.78. The molecule has 0 aliphatic carbocycles. The smallest absolute Gasteiger partial charge is 0.376 e. The van der Waals surface area contributed by atoms with Crippen LogP contribution in [0.25, 0.3) is 0 Å². The van der Waals surface area contributed by atoms with E-state index in [-0.39, 0.29) is 5.57 Å². The summed E-state index contributed by atoms with van der Waals surface area (Å²) >= 11 is 6.13. The minimum atomic E-state index is -0.824. The van der Waals surface area contributed by atoms with Crippen molar-refractivity contribution in [1.29, 1.82) is 5.26 Å². The Morgan fingerprint density at radius 2 is 2.24 bits per heavy atom. The van der Waals surface area contributed by atoms with Gasteiger partial charge in [0, 0.05) is 5.02 Å². The first kappa shape index (κ1) is 16.9. The van der Waals surface area contributed by atoms with Crippen LogP contribution in [0, 0.1) is 11.3 Å². The molecule has 0 amide bonds. The number of hydrogen-bond acceptors (Lipinski definition) is 5. The number of rotatable bonds is 6. The third-order valence-electron chi connectivity index (χ3n) is 2.59. The van der Waals surface area contributed by atoms with Crippen LogP contribution in [0.3, 0.4) is 0 Å². The monoisotopic (exact) mass is 308 g/mol. The maximum atomic E-state index is 11.6. The molecule has 0 aliphatic rings. The summed E-state index contributed by atoms with van der Waals surface area (Å²) in [5.74, 6) is -0.525. The molecule has 1 rings (SSSR count). The molecule has 0 radical (unpaired) electrons. The SMILES string of the molecule is CCOC=C(C#N)C(=O)ONc1ccc(C(C)C)c(Cl)c1. The lowest BCUT2D eigenvalue weighted by Crippen LogP contribution is -2.12. The number of nitrogens with zero attached hydrogens (tertiary/aromatic N) is 1. The molecule has 0 aromatic heterocycles. The van der Waals surface area contributed by atoms with Crippen LogP contribution >= 0.6 is 11.6 Å². The highest BCUT2D eigenvalue weighted by Crippen LogP contribution is 2.27. The quantitative estimate of drug-likeness (QED) is 0.375. The Hall–Kier alpha value is -2.19. The molecule has 0 fully saturated rings. The van der Waals surface area contributed by atoms with Crippen molar-refractivity contribution in [3.63, 3.8) is 0 Å². The Balaban J connectivity index is 2.69. The van der Waals surface area contributed by atoms with Crippen LogP contribution in [0.5, 0.6) is 0 Å². The van der Waals surface area contributed by atoms with E-state index in [0.29, 0.717) is 23.2 Å². The van der Waals surface area contributed by atoms with Crippen molar-refractivity contribution in [1.82, 2.24) is 0 Å². The van der Waals surface area contributed by atoms with Gasteiger partial charge in [0.1, 0.15) is 12.3 Å². The third kappa shape index (κ3) is 5.01. The van der Waals surface area contributed by atoms with Crippen LogP contribution in [-0.4, -0.2) is 12.6 Å². The molecule has 0 atom stereocenters. The highest BCUT2D eigenvalue weighted by atomic mass is 35.5. The molecule has 0 heterocycles. The van der Waals surface area contributed by atoms with Crippen molar-refractivity contribution in [2.45, 2.75) is 26.7 Å². The summed E-state index contributed by atoms with van der Waals surface area (Å²) in [6.07, 6.45) is 1.07. The fourth-order valence-electron chi connectivity index (χ4n) is 1.51. The van der Waals surface area contributed by atoms with E-state index in [1.807, 2.05) is 19.9 Å². The number of anilines is 1. The number of halogens is 1. The van der Waals surface area contributed by atoms with E-state index >= 15 is 0 Å². The first-order valence-corrected chi connectivity index (χ1v) is 6.85. The van der Waals surface area contributed by atoms with Gasteiger partial charge in [0.05, 0.1) is 12.3 Å². The van der Waals surface area contributed by atoms with Crippen LogP contribution in [-0.2, 0) is 14.4 Å². The van der Waals surface area contributed by atoms with Crippen LogP contribution in [0.1, 0.15) is 32.3 Å². The van der Waals surface area contributed by atoms with Gasteiger partial charge >= 0.3 is 5.97 Å². The van der Waals surface area contributed by atoms with Gasteiger partial charge in [-0.05, 0) is 30.5 Å². The molecule has 112 valence electrons. The fraction of sp³-hybridized carbons (Fsp3) is 0.333. The topological polar surface area (TPSA) is 71.3 Å². The van der Waals surface area contributed by atoms with Crippen molar-refractivity contribution in [2.24, 2.45) is 0 Å². The number of hydrogen-bond donors (Lipinski definition) is 1. The lowest BCUT2D eigenvalue weighted by atomic mass is 10.0. The van der Waals surface area contributed by atoms with E-state index in [1.54, 1.807) is 25.1 Å². The van der Waals surface area contributed by atoms with E-state index in [0.717, 1.165) is 11.8 Å². The third-order valence-corrected chi connectivity index (χ3v) is 2.92. The van der Waals surface area contributed by atoms with E-state index in [1.165, 1.54) is 0 Å². The predicted molar refractivity (Wildman–Crippen MR) is 80.6 cm³/mol. The number of benzene rings is 1. The molecular formula is C15H17ClN2O3. The van der Waals surface area contributed by atoms with Gasteiger partial charge in [0.2, 0.25) is 0 Å². The van der Waals surface area contributed by atoms with Crippen molar-refractivity contribution in [3.8, 4) is 6.07 Å².